The summed E-state index contributed by atoms with van der Waals surface area (Å²) in [5.74, 6) is 1.38. The van der Waals surface area contributed by atoms with Crippen molar-refractivity contribution in [2.45, 2.75) is 20.8 Å². The molecule has 1 N–H and O–H groups in total. The average molecular weight is 402 g/mol. The number of anilines is 1. The maximum absolute atomic E-state index is 12.5. The quantitative estimate of drug-likeness (QED) is 0.430. The van der Waals surface area contributed by atoms with Crippen LogP contribution in [0.1, 0.15) is 23.8 Å². The maximum Gasteiger partial charge on any atom is 0.249 e. The molecule has 6 heteroatoms. The summed E-state index contributed by atoms with van der Waals surface area (Å²) < 4.78 is 16.5. The largest absolute Gasteiger partial charge is 0.496 e. The second kappa shape index (κ2) is 7.91. The smallest absolute Gasteiger partial charge is 0.249 e. The van der Waals surface area contributed by atoms with E-state index < -0.39 is 0 Å². The van der Waals surface area contributed by atoms with Crippen molar-refractivity contribution in [3.05, 3.63) is 71.7 Å². The lowest BCUT2D eigenvalue weighted by atomic mass is 9.96. The zero-order valence-electron chi connectivity index (χ0n) is 17.3. The monoisotopic (exact) mass is 402 g/mol. The van der Waals surface area contributed by atoms with Crippen molar-refractivity contribution in [3.63, 3.8) is 0 Å². The number of hydrogen-bond acceptors (Lipinski definition) is 5. The lowest BCUT2D eigenvalue weighted by Crippen LogP contribution is -2.09. The number of nitrogens with one attached hydrogen (secondary N) is 1. The van der Waals surface area contributed by atoms with Crippen molar-refractivity contribution >= 4 is 28.3 Å². The molecule has 0 unspecified atom stereocenters. The summed E-state index contributed by atoms with van der Waals surface area (Å²) in [5.41, 5.74) is 5.29. The number of benzene rings is 2. The fourth-order valence-electron chi connectivity index (χ4n) is 3.58. The molecular weight excluding hydrogens is 380 g/mol. The highest BCUT2D eigenvalue weighted by molar-refractivity contribution is 6.05. The van der Waals surface area contributed by atoms with Crippen LogP contribution in [0.4, 0.5) is 5.82 Å². The fourth-order valence-corrected chi connectivity index (χ4v) is 3.58. The van der Waals surface area contributed by atoms with Gasteiger partial charge >= 0.3 is 0 Å². The molecule has 2 aromatic carbocycles. The van der Waals surface area contributed by atoms with Crippen LogP contribution in [0.25, 0.3) is 27.7 Å². The molecule has 0 aliphatic carbocycles. The molecule has 0 saturated heterocycles. The Labute approximate surface area is 174 Å². The van der Waals surface area contributed by atoms with Gasteiger partial charge in [-0.05, 0) is 38.0 Å². The normalized spacial score (nSPS) is 11.7. The lowest BCUT2D eigenvalue weighted by Gasteiger charge is -2.13. The Kier molecular flexibility index (Phi) is 5.14. The summed E-state index contributed by atoms with van der Waals surface area (Å²) in [6.07, 6.45) is 3.28. The van der Waals surface area contributed by atoms with Crippen molar-refractivity contribution in [2.75, 3.05) is 12.4 Å². The second-order valence-electron chi connectivity index (χ2n) is 7.11. The van der Waals surface area contributed by atoms with Gasteiger partial charge in [-0.3, -0.25) is 4.79 Å². The number of aryl methyl sites for hydroxylation is 2. The molecule has 4 rings (SSSR count). The number of methoxy groups -OCH3 is 1. The Morgan fingerprint density at radius 2 is 1.93 bits per heavy atom. The number of aromatic nitrogens is 1. The summed E-state index contributed by atoms with van der Waals surface area (Å²) in [5, 5.41) is 7.46. The Balaban J connectivity index is 1.77. The van der Waals surface area contributed by atoms with E-state index in [2.05, 4.69) is 10.5 Å². The molecule has 0 aliphatic rings. The highest BCUT2D eigenvalue weighted by atomic mass is 16.5. The Morgan fingerprint density at radius 3 is 2.60 bits per heavy atom. The molecule has 4 aromatic rings. The summed E-state index contributed by atoms with van der Waals surface area (Å²) in [6.45, 7) is 5.59. The number of rotatable bonds is 5. The van der Waals surface area contributed by atoms with Crippen LogP contribution in [0.2, 0.25) is 0 Å². The number of carbonyl (C=O) groups is 1. The van der Waals surface area contributed by atoms with Crippen molar-refractivity contribution < 1.29 is 18.5 Å². The summed E-state index contributed by atoms with van der Waals surface area (Å²) in [6, 6.07) is 13.7. The number of amides is 1. The predicted molar refractivity (Wildman–Crippen MR) is 116 cm³/mol. The van der Waals surface area contributed by atoms with Gasteiger partial charge in [0.15, 0.2) is 5.82 Å². The van der Waals surface area contributed by atoms with Crippen LogP contribution in [-0.4, -0.2) is 18.2 Å². The minimum Gasteiger partial charge on any atom is -0.496 e. The van der Waals surface area contributed by atoms with Crippen LogP contribution < -0.4 is 10.1 Å². The molecular formula is C24H22N2O4. The zero-order valence-corrected chi connectivity index (χ0v) is 17.3. The number of allylic oxidation sites excluding steroid dienone is 1. The second-order valence-corrected chi connectivity index (χ2v) is 7.11. The molecule has 2 heterocycles. The first kappa shape index (κ1) is 19.5. The molecule has 0 radical (unpaired) electrons. The number of furan rings is 1. The molecule has 1 amide bonds. The van der Waals surface area contributed by atoms with Crippen LogP contribution in [0.5, 0.6) is 5.75 Å². The van der Waals surface area contributed by atoms with E-state index >= 15 is 0 Å². The molecule has 0 aliphatic heterocycles. The third kappa shape index (κ3) is 3.59. The first-order valence-electron chi connectivity index (χ1n) is 9.55. The molecule has 2 aromatic heterocycles. The van der Waals surface area contributed by atoms with Crippen LogP contribution in [0, 0.1) is 13.8 Å². The predicted octanol–water partition coefficient (Wildman–Crippen LogP) is 5.76. The van der Waals surface area contributed by atoms with Crippen LogP contribution in [-0.2, 0) is 4.79 Å². The van der Waals surface area contributed by atoms with Crippen molar-refractivity contribution in [3.8, 4) is 16.9 Å². The van der Waals surface area contributed by atoms with Crippen LogP contribution >= 0.6 is 0 Å². The van der Waals surface area contributed by atoms with Gasteiger partial charge in [0.2, 0.25) is 5.91 Å². The topological polar surface area (TPSA) is 77.5 Å². The Bertz CT molecular complexity index is 1250. The minimum absolute atomic E-state index is 0.295. The highest BCUT2D eigenvalue weighted by Crippen LogP contribution is 2.40. The number of hydrogen-bond donors (Lipinski definition) is 1. The number of fused-ring (bicyclic) bond motifs is 1. The van der Waals surface area contributed by atoms with Gasteiger partial charge in [0.25, 0.3) is 0 Å². The van der Waals surface area contributed by atoms with Gasteiger partial charge in [-0.25, -0.2) is 0 Å². The Hall–Kier alpha value is -3.80. The van der Waals surface area contributed by atoms with Gasteiger partial charge in [0, 0.05) is 34.2 Å². The molecule has 0 bridgehead atoms. The molecule has 6 nitrogen and oxygen atoms in total. The zero-order chi connectivity index (χ0) is 21.3. The molecule has 30 heavy (non-hydrogen) atoms. The number of nitrogens with zero attached hydrogens (tertiary/aromatic N) is 1. The van der Waals surface area contributed by atoms with Gasteiger partial charge in [-0.15, -0.1) is 0 Å². The first-order valence-corrected chi connectivity index (χ1v) is 9.55. The molecule has 0 spiro atoms. The summed E-state index contributed by atoms with van der Waals surface area (Å²) in [4.78, 5) is 12.5. The number of carbonyl (C=O) groups excluding carboxylic acids is 1. The maximum atomic E-state index is 12.5. The lowest BCUT2D eigenvalue weighted by molar-refractivity contribution is -0.111. The summed E-state index contributed by atoms with van der Waals surface area (Å²) in [7, 11) is 1.62. The van der Waals surface area contributed by atoms with E-state index in [1.54, 1.807) is 26.4 Å². The molecule has 0 atom stereocenters. The van der Waals surface area contributed by atoms with E-state index in [4.69, 9.17) is 13.7 Å². The van der Waals surface area contributed by atoms with Crippen molar-refractivity contribution in [1.82, 2.24) is 5.16 Å². The highest BCUT2D eigenvalue weighted by Gasteiger charge is 2.18. The van der Waals surface area contributed by atoms with E-state index in [0.717, 1.165) is 38.8 Å². The van der Waals surface area contributed by atoms with Crippen LogP contribution in [0.3, 0.4) is 0 Å². The van der Waals surface area contributed by atoms with Gasteiger partial charge in [0.05, 0.1) is 13.4 Å². The van der Waals surface area contributed by atoms with Crippen LogP contribution in [0.15, 0.2) is 63.7 Å². The third-order valence-corrected chi connectivity index (χ3v) is 4.98. The van der Waals surface area contributed by atoms with E-state index in [0.29, 0.717) is 17.3 Å². The Morgan fingerprint density at radius 1 is 1.17 bits per heavy atom. The molecule has 0 fully saturated rings. The average Bonchev–Trinajstić information content (AvgIpc) is 3.34. The standard InChI is InChI=1S/C24H22N2O4/c1-14(10-22(27)25-21-11-15(2)30-26-21)18-12-19-20(17-8-6-5-7-9-17)13-29-24(19)16(3)23(18)28-4/h5-13H,1-4H3,(H,25,26,27)/b14-10+. The minimum atomic E-state index is -0.295. The van der Waals surface area contributed by atoms with Gasteiger partial charge in [-0.2, -0.15) is 0 Å². The molecule has 152 valence electrons. The van der Waals surface area contributed by atoms with E-state index in [1.165, 1.54) is 6.08 Å². The first-order chi connectivity index (χ1) is 14.5. The van der Waals surface area contributed by atoms with Crippen molar-refractivity contribution in [1.29, 1.82) is 0 Å². The van der Waals surface area contributed by atoms with Gasteiger partial charge < -0.3 is 19.0 Å². The van der Waals surface area contributed by atoms with E-state index in [-0.39, 0.29) is 5.91 Å². The third-order valence-electron chi connectivity index (χ3n) is 4.98. The number of ether oxygens (including phenoxy) is 1. The van der Waals surface area contributed by atoms with Gasteiger partial charge in [-0.1, -0.05) is 35.5 Å². The van der Waals surface area contributed by atoms with E-state index in [9.17, 15) is 4.79 Å². The van der Waals surface area contributed by atoms with E-state index in [1.807, 2.05) is 50.2 Å². The molecule has 0 saturated carbocycles. The fraction of sp³-hybridized carbons (Fsp3) is 0.167. The SMILES string of the molecule is COc1c(/C(C)=C/C(=O)Nc2cc(C)on2)cc2c(-c3ccccc3)coc2c1C. The summed E-state index contributed by atoms with van der Waals surface area (Å²) >= 11 is 0. The van der Waals surface area contributed by atoms with Crippen molar-refractivity contribution in [2.24, 2.45) is 0 Å². The van der Waals surface area contributed by atoms with Gasteiger partial charge in [0.1, 0.15) is 17.1 Å².